The lowest BCUT2D eigenvalue weighted by Crippen LogP contribution is -2.10. The van der Waals surface area contributed by atoms with Gasteiger partial charge in [-0.1, -0.05) is 11.6 Å². The summed E-state index contributed by atoms with van der Waals surface area (Å²) >= 11 is 5.95. The van der Waals surface area contributed by atoms with Gasteiger partial charge in [0.25, 0.3) is 0 Å². The fourth-order valence-electron chi connectivity index (χ4n) is 2.62. The van der Waals surface area contributed by atoms with Gasteiger partial charge in [-0.05, 0) is 13.3 Å². The molecular weight excluding hydrogens is 279 g/mol. The number of aryl methyl sites for hydroxylation is 1. The van der Waals surface area contributed by atoms with Crippen LogP contribution in [0.25, 0.3) is 5.52 Å². The average molecular weight is 290 g/mol. The van der Waals surface area contributed by atoms with E-state index in [0.717, 1.165) is 0 Å². The summed E-state index contributed by atoms with van der Waals surface area (Å²) in [6.07, 6.45) is 1.08. The first-order chi connectivity index (χ1) is 8.89. The Labute approximate surface area is 112 Å². The molecule has 7 heteroatoms. The van der Waals surface area contributed by atoms with Crippen molar-refractivity contribution >= 4 is 17.1 Å². The van der Waals surface area contributed by atoms with Crippen molar-refractivity contribution in [1.82, 2.24) is 14.6 Å². The number of aromatic nitrogens is 3. The first-order valence-corrected chi connectivity index (χ1v) is 6.34. The van der Waals surface area contributed by atoms with Crippen LogP contribution in [0.15, 0.2) is 6.20 Å². The van der Waals surface area contributed by atoms with Gasteiger partial charge in [-0.15, -0.1) is 0 Å². The normalized spacial score (nSPS) is 22.3. The van der Waals surface area contributed by atoms with E-state index < -0.39 is 17.7 Å². The number of fused-ring (bicyclic) bond motifs is 1. The van der Waals surface area contributed by atoms with Crippen molar-refractivity contribution < 1.29 is 13.2 Å². The average Bonchev–Trinajstić information content (AvgIpc) is 2.79. The van der Waals surface area contributed by atoms with Crippen LogP contribution in [0.3, 0.4) is 0 Å². The zero-order valence-electron chi connectivity index (χ0n) is 10.1. The Kier molecular flexibility index (Phi) is 2.74. The van der Waals surface area contributed by atoms with Gasteiger partial charge in [-0.3, -0.25) is 0 Å². The fourth-order valence-corrected chi connectivity index (χ4v) is 2.95. The van der Waals surface area contributed by atoms with E-state index in [9.17, 15) is 13.2 Å². The standard InChI is InChI=1S/C12H11ClF3N3/c1-6-17-5-8-10(14)9(13)11(19(8)18-6)7-2-3-12(15,16)4-7/h5,7H,2-4H2,1H3. The van der Waals surface area contributed by atoms with E-state index in [2.05, 4.69) is 10.1 Å². The first-order valence-electron chi connectivity index (χ1n) is 5.96. The Morgan fingerprint density at radius 1 is 1.47 bits per heavy atom. The molecule has 3 nitrogen and oxygen atoms in total. The molecule has 1 atom stereocenters. The van der Waals surface area contributed by atoms with E-state index in [1.54, 1.807) is 6.92 Å². The molecule has 2 heterocycles. The summed E-state index contributed by atoms with van der Waals surface area (Å²) in [5.41, 5.74) is 0.456. The van der Waals surface area contributed by atoms with Crippen LogP contribution in [-0.4, -0.2) is 20.5 Å². The van der Waals surface area contributed by atoms with E-state index in [1.807, 2.05) is 0 Å². The number of halogens is 4. The molecule has 1 saturated carbocycles. The first kappa shape index (κ1) is 12.7. The number of hydrogen-bond donors (Lipinski definition) is 0. The zero-order chi connectivity index (χ0) is 13.8. The van der Waals surface area contributed by atoms with Gasteiger partial charge in [-0.2, -0.15) is 5.10 Å². The summed E-state index contributed by atoms with van der Waals surface area (Å²) in [6, 6.07) is 0. The molecule has 0 aromatic carbocycles. The molecule has 2 aromatic rings. The largest absolute Gasteiger partial charge is 0.248 e. The van der Waals surface area contributed by atoms with Crippen molar-refractivity contribution in [2.45, 2.75) is 38.0 Å². The minimum absolute atomic E-state index is 0.123. The van der Waals surface area contributed by atoms with Gasteiger partial charge in [0, 0.05) is 18.8 Å². The third kappa shape index (κ3) is 1.98. The number of alkyl halides is 2. The summed E-state index contributed by atoms with van der Waals surface area (Å²) in [5, 5.41) is 3.96. The zero-order valence-corrected chi connectivity index (χ0v) is 10.9. The third-order valence-electron chi connectivity index (χ3n) is 3.51. The molecule has 1 fully saturated rings. The molecule has 102 valence electrons. The van der Waals surface area contributed by atoms with Crippen molar-refractivity contribution in [1.29, 1.82) is 0 Å². The lowest BCUT2D eigenvalue weighted by Gasteiger charge is -2.11. The maximum atomic E-state index is 14.0. The van der Waals surface area contributed by atoms with Gasteiger partial charge in [0.05, 0.1) is 11.9 Å². The minimum atomic E-state index is -2.71. The summed E-state index contributed by atoms with van der Waals surface area (Å²) < 4.78 is 41.9. The highest BCUT2D eigenvalue weighted by atomic mass is 35.5. The molecular formula is C12H11ClF3N3. The molecule has 2 aromatic heterocycles. The molecule has 1 unspecified atom stereocenters. The SMILES string of the molecule is Cc1ncc2c(F)c(Cl)c(C3CCC(F)(F)C3)n2n1. The topological polar surface area (TPSA) is 30.2 Å². The quantitative estimate of drug-likeness (QED) is 0.801. The van der Waals surface area contributed by atoms with Crippen LogP contribution in [0.4, 0.5) is 13.2 Å². The van der Waals surface area contributed by atoms with Gasteiger partial charge in [0.1, 0.15) is 16.4 Å². The third-order valence-corrected chi connectivity index (χ3v) is 3.87. The Bertz CT molecular complexity index is 653. The summed E-state index contributed by atoms with van der Waals surface area (Å²) in [7, 11) is 0. The van der Waals surface area contributed by atoms with Crippen molar-refractivity contribution in [3.05, 3.63) is 28.6 Å². The predicted molar refractivity (Wildman–Crippen MR) is 64.2 cm³/mol. The second kappa shape index (κ2) is 4.10. The van der Waals surface area contributed by atoms with Gasteiger partial charge in [-0.25, -0.2) is 22.7 Å². The van der Waals surface area contributed by atoms with Gasteiger partial charge in [0.15, 0.2) is 5.82 Å². The van der Waals surface area contributed by atoms with Gasteiger partial charge < -0.3 is 0 Å². The van der Waals surface area contributed by atoms with E-state index in [0.29, 0.717) is 11.5 Å². The second-order valence-electron chi connectivity index (χ2n) is 4.91. The Morgan fingerprint density at radius 3 is 2.84 bits per heavy atom. The van der Waals surface area contributed by atoms with Crippen LogP contribution in [0, 0.1) is 12.7 Å². The molecule has 0 spiro atoms. The molecule has 0 radical (unpaired) electrons. The number of rotatable bonds is 1. The molecule has 0 aliphatic heterocycles. The summed E-state index contributed by atoms with van der Waals surface area (Å²) in [4.78, 5) is 3.90. The highest BCUT2D eigenvalue weighted by Gasteiger charge is 2.42. The molecule has 0 amide bonds. The molecule has 3 rings (SSSR count). The second-order valence-corrected chi connectivity index (χ2v) is 5.29. The van der Waals surface area contributed by atoms with Crippen molar-refractivity contribution in [3.8, 4) is 0 Å². The van der Waals surface area contributed by atoms with Crippen LogP contribution in [0.2, 0.25) is 5.02 Å². The van der Waals surface area contributed by atoms with E-state index in [1.165, 1.54) is 10.7 Å². The minimum Gasteiger partial charge on any atom is -0.237 e. The Morgan fingerprint density at radius 2 is 2.21 bits per heavy atom. The molecule has 1 aliphatic rings. The Balaban J connectivity index is 2.18. The van der Waals surface area contributed by atoms with Crippen LogP contribution >= 0.6 is 11.6 Å². The molecule has 19 heavy (non-hydrogen) atoms. The monoisotopic (exact) mass is 289 g/mol. The van der Waals surface area contributed by atoms with Gasteiger partial charge in [0.2, 0.25) is 5.92 Å². The lowest BCUT2D eigenvalue weighted by molar-refractivity contribution is 0.00762. The maximum absolute atomic E-state index is 14.0. The van der Waals surface area contributed by atoms with E-state index in [-0.39, 0.29) is 29.8 Å². The fraction of sp³-hybridized carbons (Fsp3) is 0.500. The highest BCUT2D eigenvalue weighted by molar-refractivity contribution is 6.32. The number of nitrogens with zero attached hydrogens (tertiary/aromatic N) is 3. The van der Waals surface area contributed by atoms with Gasteiger partial charge >= 0.3 is 0 Å². The van der Waals surface area contributed by atoms with Crippen LogP contribution in [0.1, 0.15) is 36.7 Å². The van der Waals surface area contributed by atoms with Crippen LogP contribution in [0.5, 0.6) is 0 Å². The highest BCUT2D eigenvalue weighted by Crippen LogP contribution is 2.46. The maximum Gasteiger partial charge on any atom is 0.248 e. The lowest BCUT2D eigenvalue weighted by atomic mass is 10.0. The van der Waals surface area contributed by atoms with E-state index >= 15 is 0 Å². The predicted octanol–water partition coefficient (Wildman–Crippen LogP) is 3.73. The van der Waals surface area contributed by atoms with Crippen molar-refractivity contribution in [2.24, 2.45) is 0 Å². The van der Waals surface area contributed by atoms with E-state index in [4.69, 9.17) is 11.6 Å². The summed E-state index contributed by atoms with van der Waals surface area (Å²) in [5.74, 6) is -3.40. The summed E-state index contributed by atoms with van der Waals surface area (Å²) in [6.45, 7) is 1.65. The molecule has 1 aliphatic carbocycles. The van der Waals surface area contributed by atoms with Crippen LogP contribution in [-0.2, 0) is 0 Å². The molecule has 0 N–H and O–H groups in total. The molecule has 0 saturated heterocycles. The van der Waals surface area contributed by atoms with Crippen molar-refractivity contribution in [3.63, 3.8) is 0 Å². The number of hydrogen-bond acceptors (Lipinski definition) is 2. The molecule has 0 bridgehead atoms. The van der Waals surface area contributed by atoms with Crippen LogP contribution < -0.4 is 0 Å². The Hall–Kier alpha value is -1.30. The smallest absolute Gasteiger partial charge is 0.237 e. The van der Waals surface area contributed by atoms with Crippen molar-refractivity contribution in [2.75, 3.05) is 0 Å².